The van der Waals surface area contributed by atoms with Crippen molar-refractivity contribution in [2.24, 2.45) is 5.73 Å². The van der Waals surface area contributed by atoms with Crippen molar-refractivity contribution in [3.63, 3.8) is 0 Å². The van der Waals surface area contributed by atoms with Crippen molar-refractivity contribution in [3.05, 3.63) is 0 Å². The van der Waals surface area contributed by atoms with Crippen LogP contribution < -0.4 is 5.73 Å². The fraction of sp³-hybridized carbons (Fsp3) is 0.727. The van der Waals surface area contributed by atoms with E-state index in [1.807, 2.05) is 13.8 Å². The number of terminal acetylenes is 1. The van der Waals surface area contributed by atoms with E-state index in [0.29, 0.717) is 19.5 Å². The molecule has 0 saturated carbocycles. The SMILES string of the molecule is C#CCN(CC)C(=O)CCCC(C)N. The molecule has 3 heteroatoms. The van der Waals surface area contributed by atoms with E-state index in [0.717, 1.165) is 12.8 Å². The van der Waals surface area contributed by atoms with Gasteiger partial charge in [-0.15, -0.1) is 6.42 Å². The standard InChI is InChI=1S/C11H20N2O/c1-4-9-13(5-2)11(14)8-6-7-10(3)12/h1,10H,5-9,12H2,2-3H3. The summed E-state index contributed by atoms with van der Waals surface area (Å²) in [5.41, 5.74) is 5.59. The van der Waals surface area contributed by atoms with Gasteiger partial charge in [0.15, 0.2) is 0 Å². The Balaban J connectivity index is 3.76. The summed E-state index contributed by atoms with van der Waals surface area (Å²) in [5.74, 6) is 2.61. The van der Waals surface area contributed by atoms with Crippen molar-refractivity contribution >= 4 is 5.91 Å². The van der Waals surface area contributed by atoms with E-state index in [9.17, 15) is 4.79 Å². The lowest BCUT2D eigenvalue weighted by molar-refractivity contribution is -0.130. The van der Waals surface area contributed by atoms with E-state index in [1.165, 1.54) is 0 Å². The molecule has 1 amide bonds. The van der Waals surface area contributed by atoms with Crippen molar-refractivity contribution in [1.82, 2.24) is 4.90 Å². The first kappa shape index (κ1) is 13.0. The van der Waals surface area contributed by atoms with Crippen molar-refractivity contribution < 1.29 is 4.79 Å². The molecule has 1 atom stereocenters. The zero-order chi connectivity index (χ0) is 11.0. The fourth-order valence-electron chi connectivity index (χ4n) is 1.22. The summed E-state index contributed by atoms with van der Waals surface area (Å²) >= 11 is 0. The average molecular weight is 196 g/mol. The van der Waals surface area contributed by atoms with Gasteiger partial charge < -0.3 is 10.6 Å². The number of amides is 1. The lowest BCUT2D eigenvalue weighted by Gasteiger charge is -2.17. The molecule has 0 heterocycles. The topological polar surface area (TPSA) is 46.3 Å². The fourth-order valence-corrected chi connectivity index (χ4v) is 1.22. The van der Waals surface area contributed by atoms with Crippen LogP contribution in [0, 0.1) is 12.3 Å². The zero-order valence-corrected chi connectivity index (χ0v) is 9.12. The van der Waals surface area contributed by atoms with Crippen LogP contribution in [0.25, 0.3) is 0 Å². The molecular formula is C11H20N2O. The van der Waals surface area contributed by atoms with Gasteiger partial charge in [0.2, 0.25) is 5.91 Å². The predicted octanol–water partition coefficient (Wildman–Crippen LogP) is 0.986. The number of nitrogens with zero attached hydrogens (tertiary/aromatic N) is 1. The third kappa shape index (κ3) is 5.60. The molecule has 0 rings (SSSR count). The normalized spacial score (nSPS) is 11.9. The second kappa shape index (κ2) is 7.40. The van der Waals surface area contributed by atoms with Gasteiger partial charge in [-0.25, -0.2) is 0 Å². The maximum Gasteiger partial charge on any atom is 0.223 e. The van der Waals surface area contributed by atoms with Crippen LogP contribution in [0.5, 0.6) is 0 Å². The van der Waals surface area contributed by atoms with Crippen LogP contribution in [0.3, 0.4) is 0 Å². The molecule has 0 bridgehead atoms. The van der Waals surface area contributed by atoms with E-state index >= 15 is 0 Å². The highest BCUT2D eigenvalue weighted by atomic mass is 16.2. The van der Waals surface area contributed by atoms with Gasteiger partial charge in [0.1, 0.15) is 0 Å². The number of carbonyl (C=O) groups excluding carboxylic acids is 1. The molecule has 0 saturated heterocycles. The molecule has 0 aliphatic heterocycles. The molecule has 80 valence electrons. The van der Waals surface area contributed by atoms with Crippen LogP contribution >= 0.6 is 0 Å². The summed E-state index contributed by atoms with van der Waals surface area (Å²) in [6.07, 6.45) is 7.44. The predicted molar refractivity (Wildman–Crippen MR) is 58.6 cm³/mol. The monoisotopic (exact) mass is 196 g/mol. The number of hydrogen-bond acceptors (Lipinski definition) is 2. The molecule has 0 radical (unpaired) electrons. The Bertz CT molecular complexity index is 206. The minimum Gasteiger partial charge on any atom is -0.332 e. The molecule has 3 nitrogen and oxygen atoms in total. The second-order valence-electron chi connectivity index (χ2n) is 3.48. The first-order valence-electron chi connectivity index (χ1n) is 5.08. The summed E-state index contributed by atoms with van der Waals surface area (Å²) in [5, 5.41) is 0. The van der Waals surface area contributed by atoms with Crippen LogP contribution in [0.2, 0.25) is 0 Å². The third-order valence-corrected chi connectivity index (χ3v) is 2.07. The Morgan fingerprint density at radius 2 is 2.29 bits per heavy atom. The van der Waals surface area contributed by atoms with Crippen LogP contribution in [0.4, 0.5) is 0 Å². The van der Waals surface area contributed by atoms with Gasteiger partial charge in [0, 0.05) is 19.0 Å². The summed E-state index contributed by atoms with van der Waals surface area (Å²) in [6.45, 7) is 4.97. The lowest BCUT2D eigenvalue weighted by atomic mass is 10.1. The molecule has 0 aliphatic carbocycles. The number of hydrogen-bond donors (Lipinski definition) is 1. The van der Waals surface area contributed by atoms with Crippen molar-refractivity contribution in [1.29, 1.82) is 0 Å². The number of carbonyl (C=O) groups is 1. The van der Waals surface area contributed by atoms with Crippen LogP contribution in [-0.4, -0.2) is 29.9 Å². The average Bonchev–Trinajstić information content (AvgIpc) is 2.13. The lowest BCUT2D eigenvalue weighted by Crippen LogP contribution is -2.31. The van der Waals surface area contributed by atoms with Gasteiger partial charge in [-0.3, -0.25) is 4.79 Å². The van der Waals surface area contributed by atoms with Gasteiger partial charge in [-0.1, -0.05) is 5.92 Å². The van der Waals surface area contributed by atoms with E-state index in [2.05, 4.69) is 5.92 Å². The summed E-state index contributed by atoms with van der Waals surface area (Å²) < 4.78 is 0. The Morgan fingerprint density at radius 1 is 1.64 bits per heavy atom. The molecule has 1 unspecified atom stereocenters. The van der Waals surface area contributed by atoms with Crippen molar-refractivity contribution in [2.45, 2.75) is 39.2 Å². The van der Waals surface area contributed by atoms with Gasteiger partial charge in [-0.05, 0) is 26.7 Å². The minimum atomic E-state index is 0.131. The highest BCUT2D eigenvalue weighted by Crippen LogP contribution is 2.02. The second-order valence-corrected chi connectivity index (χ2v) is 3.48. The first-order valence-corrected chi connectivity index (χ1v) is 5.08. The maximum absolute atomic E-state index is 11.5. The van der Waals surface area contributed by atoms with Crippen LogP contribution in [-0.2, 0) is 4.79 Å². The van der Waals surface area contributed by atoms with Crippen molar-refractivity contribution in [2.75, 3.05) is 13.1 Å². The summed E-state index contributed by atoms with van der Waals surface area (Å²) in [4.78, 5) is 13.2. The Morgan fingerprint density at radius 3 is 2.71 bits per heavy atom. The maximum atomic E-state index is 11.5. The molecule has 0 aromatic carbocycles. The number of rotatable bonds is 6. The Kier molecular flexibility index (Phi) is 6.87. The smallest absolute Gasteiger partial charge is 0.223 e. The molecule has 0 spiro atoms. The van der Waals surface area contributed by atoms with Crippen LogP contribution in [0.15, 0.2) is 0 Å². The molecule has 0 aliphatic rings. The van der Waals surface area contributed by atoms with Gasteiger partial charge in [0.05, 0.1) is 6.54 Å². The van der Waals surface area contributed by atoms with Gasteiger partial charge in [0.25, 0.3) is 0 Å². The third-order valence-electron chi connectivity index (χ3n) is 2.07. The van der Waals surface area contributed by atoms with E-state index in [4.69, 9.17) is 12.2 Å². The quantitative estimate of drug-likeness (QED) is 0.644. The molecule has 2 N–H and O–H groups in total. The van der Waals surface area contributed by atoms with Crippen molar-refractivity contribution in [3.8, 4) is 12.3 Å². The molecular weight excluding hydrogens is 176 g/mol. The highest BCUT2D eigenvalue weighted by molar-refractivity contribution is 5.76. The number of nitrogens with two attached hydrogens (primary N) is 1. The van der Waals surface area contributed by atoms with E-state index in [-0.39, 0.29) is 11.9 Å². The largest absolute Gasteiger partial charge is 0.332 e. The molecule has 14 heavy (non-hydrogen) atoms. The highest BCUT2D eigenvalue weighted by Gasteiger charge is 2.09. The Labute approximate surface area is 86.6 Å². The van der Waals surface area contributed by atoms with Gasteiger partial charge in [-0.2, -0.15) is 0 Å². The minimum absolute atomic E-state index is 0.131. The summed E-state index contributed by atoms with van der Waals surface area (Å²) in [6, 6.07) is 0.172. The van der Waals surface area contributed by atoms with E-state index in [1.54, 1.807) is 4.90 Å². The molecule has 0 aromatic heterocycles. The van der Waals surface area contributed by atoms with Gasteiger partial charge >= 0.3 is 0 Å². The van der Waals surface area contributed by atoms with E-state index < -0.39 is 0 Å². The molecule has 0 aromatic rings. The molecule has 0 fully saturated rings. The summed E-state index contributed by atoms with van der Waals surface area (Å²) in [7, 11) is 0. The zero-order valence-electron chi connectivity index (χ0n) is 9.12. The first-order chi connectivity index (χ1) is 6.61. The van der Waals surface area contributed by atoms with Crippen LogP contribution in [0.1, 0.15) is 33.1 Å². The Hall–Kier alpha value is -1.01.